The molecule has 0 aliphatic rings. The highest BCUT2D eigenvalue weighted by Crippen LogP contribution is 2.27. The molecule has 0 spiro atoms. The number of nitrogens with zero attached hydrogens (tertiary/aromatic N) is 1. The summed E-state index contributed by atoms with van der Waals surface area (Å²) in [5.41, 5.74) is 2.58. The largest absolute Gasteiger partial charge is 0.298 e. The molecule has 2 aromatic heterocycles. The molecule has 0 aliphatic carbocycles. The van der Waals surface area contributed by atoms with Gasteiger partial charge in [0.1, 0.15) is 9.96 Å². The first kappa shape index (κ1) is 23.4. The predicted molar refractivity (Wildman–Crippen MR) is 133 cm³/mol. The van der Waals surface area contributed by atoms with E-state index in [9.17, 15) is 18.0 Å². The lowest BCUT2D eigenvalue weighted by Crippen LogP contribution is -2.18. The van der Waals surface area contributed by atoms with E-state index in [0.29, 0.717) is 15.6 Å². The zero-order valence-electron chi connectivity index (χ0n) is 17.1. The Balaban J connectivity index is 1.55. The molecule has 0 saturated heterocycles. The summed E-state index contributed by atoms with van der Waals surface area (Å²) in [6.45, 7) is 0. The van der Waals surface area contributed by atoms with Crippen molar-refractivity contribution in [3.63, 3.8) is 0 Å². The van der Waals surface area contributed by atoms with Crippen LogP contribution in [0.5, 0.6) is 0 Å². The third kappa shape index (κ3) is 5.45. The van der Waals surface area contributed by atoms with Gasteiger partial charge in [0.2, 0.25) is 0 Å². The normalized spacial score (nSPS) is 11.5. The van der Waals surface area contributed by atoms with Crippen LogP contribution in [-0.2, 0) is 21.1 Å². The standard InChI is InChI=1S/C24H17Cl2NO4S2/c25-20-13-16(12-19(28)15-33(30,31)24-11-9-22(26)32-24)6-8-21(20)27-14-18(7-10-23(27)29)17-4-2-1-3-5-17/h1-11,13-14H,12,15H2. The zero-order chi connectivity index (χ0) is 23.6. The highest BCUT2D eigenvalue weighted by molar-refractivity contribution is 7.94. The molecule has 0 N–H and O–H groups in total. The van der Waals surface area contributed by atoms with Crippen LogP contribution in [0.1, 0.15) is 5.56 Å². The summed E-state index contributed by atoms with van der Waals surface area (Å²) >= 11 is 13.2. The number of Topliss-reactive ketones (excluding diaryl/α,β-unsaturated/α-hetero) is 1. The van der Waals surface area contributed by atoms with Crippen molar-refractivity contribution in [1.29, 1.82) is 0 Å². The summed E-state index contributed by atoms with van der Waals surface area (Å²) in [6, 6.07) is 20.6. The Kier molecular flexibility index (Phi) is 6.86. The maximum atomic E-state index is 12.5. The maximum Gasteiger partial charge on any atom is 0.255 e. The number of hydrogen-bond acceptors (Lipinski definition) is 5. The van der Waals surface area contributed by atoms with E-state index in [4.69, 9.17) is 23.2 Å². The molecule has 0 atom stereocenters. The van der Waals surface area contributed by atoms with Gasteiger partial charge in [-0.05, 0) is 47.0 Å². The van der Waals surface area contributed by atoms with Gasteiger partial charge in [-0.3, -0.25) is 14.2 Å². The summed E-state index contributed by atoms with van der Waals surface area (Å²) in [5, 5.41) is 0.278. The lowest BCUT2D eigenvalue weighted by molar-refractivity contribution is -0.116. The molecule has 0 radical (unpaired) electrons. The molecule has 0 saturated carbocycles. The van der Waals surface area contributed by atoms with E-state index < -0.39 is 21.4 Å². The van der Waals surface area contributed by atoms with Crippen molar-refractivity contribution in [2.45, 2.75) is 10.6 Å². The molecular weight excluding hydrogens is 501 g/mol. The number of benzene rings is 2. The Morgan fingerprint density at radius 3 is 2.33 bits per heavy atom. The van der Waals surface area contributed by atoms with E-state index in [1.807, 2.05) is 30.3 Å². The highest BCUT2D eigenvalue weighted by atomic mass is 35.5. The molecule has 9 heteroatoms. The third-order valence-electron chi connectivity index (χ3n) is 4.90. The molecule has 2 heterocycles. The Hall–Kier alpha value is -2.71. The molecule has 168 valence electrons. The fraction of sp³-hybridized carbons (Fsp3) is 0.0833. The molecule has 0 bridgehead atoms. The van der Waals surface area contributed by atoms with Crippen LogP contribution in [0.3, 0.4) is 0 Å². The number of rotatable bonds is 7. The third-order valence-corrected chi connectivity index (χ3v) is 8.69. The molecule has 0 fully saturated rings. The minimum atomic E-state index is -3.75. The van der Waals surface area contributed by atoms with Crippen LogP contribution in [0.25, 0.3) is 16.8 Å². The van der Waals surface area contributed by atoms with E-state index in [0.717, 1.165) is 22.5 Å². The van der Waals surface area contributed by atoms with Crippen molar-refractivity contribution in [2.24, 2.45) is 0 Å². The van der Waals surface area contributed by atoms with Gasteiger partial charge >= 0.3 is 0 Å². The monoisotopic (exact) mass is 517 g/mol. The highest BCUT2D eigenvalue weighted by Gasteiger charge is 2.21. The fourth-order valence-electron chi connectivity index (χ4n) is 3.36. The van der Waals surface area contributed by atoms with E-state index in [2.05, 4.69) is 0 Å². The summed E-state index contributed by atoms with van der Waals surface area (Å²) in [7, 11) is -3.75. The Morgan fingerprint density at radius 1 is 0.909 bits per heavy atom. The van der Waals surface area contributed by atoms with Gasteiger partial charge in [-0.25, -0.2) is 8.42 Å². The van der Waals surface area contributed by atoms with Gasteiger partial charge in [-0.15, -0.1) is 11.3 Å². The van der Waals surface area contributed by atoms with Crippen LogP contribution < -0.4 is 5.56 Å². The van der Waals surface area contributed by atoms with Crippen LogP contribution in [0.15, 0.2) is 88.0 Å². The lowest BCUT2D eigenvalue weighted by Gasteiger charge is -2.12. The van der Waals surface area contributed by atoms with Gasteiger partial charge in [-0.2, -0.15) is 0 Å². The SMILES string of the molecule is O=C(Cc1ccc(-n2cc(-c3ccccc3)ccc2=O)c(Cl)c1)CS(=O)(=O)c1ccc(Cl)s1. The second-order valence-electron chi connectivity index (χ2n) is 7.31. The van der Waals surface area contributed by atoms with Gasteiger partial charge in [0.15, 0.2) is 15.6 Å². The average molecular weight is 518 g/mol. The van der Waals surface area contributed by atoms with Crippen molar-refractivity contribution in [2.75, 3.05) is 5.75 Å². The average Bonchev–Trinajstić information content (AvgIpc) is 3.22. The smallest absolute Gasteiger partial charge is 0.255 e. The molecule has 2 aromatic carbocycles. The second kappa shape index (κ2) is 9.65. The Labute approximate surface area is 204 Å². The van der Waals surface area contributed by atoms with Gasteiger partial charge in [0.25, 0.3) is 5.56 Å². The molecule has 4 aromatic rings. The van der Waals surface area contributed by atoms with E-state index in [1.165, 1.54) is 22.8 Å². The Morgan fingerprint density at radius 2 is 1.67 bits per heavy atom. The summed E-state index contributed by atoms with van der Waals surface area (Å²) < 4.78 is 26.7. The number of sulfone groups is 1. The fourth-order valence-corrected chi connectivity index (χ4v) is 6.46. The number of thiophene rings is 1. The number of pyridine rings is 1. The van der Waals surface area contributed by atoms with Gasteiger partial charge in [0, 0.05) is 18.7 Å². The summed E-state index contributed by atoms with van der Waals surface area (Å²) in [6.07, 6.45) is 1.61. The van der Waals surface area contributed by atoms with E-state index >= 15 is 0 Å². The summed E-state index contributed by atoms with van der Waals surface area (Å²) in [5.74, 6) is -1.09. The predicted octanol–water partition coefficient (Wildman–Crippen LogP) is 5.46. The second-order valence-corrected chi connectivity index (χ2v) is 11.6. The van der Waals surface area contributed by atoms with Crippen LogP contribution in [0, 0.1) is 0 Å². The first-order chi connectivity index (χ1) is 15.7. The van der Waals surface area contributed by atoms with Crippen LogP contribution in [0.2, 0.25) is 9.36 Å². The van der Waals surface area contributed by atoms with E-state index in [1.54, 1.807) is 30.5 Å². The van der Waals surface area contributed by atoms with Crippen molar-refractivity contribution >= 4 is 50.2 Å². The topological polar surface area (TPSA) is 73.2 Å². The minimum Gasteiger partial charge on any atom is -0.298 e. The quantitative estimate of drug-likeness (QED) is 0.326. The van der Waals surface area contributed by atoms with Crippen LogP contribution in [-0.4, -0.2) is 24.5 Å². The molecule has 0 aliphatic heterocycles. The molecular formula is C24H17Cl2NO4S2. The number of hydrogen-bond donors (Lipinski definition) is 0. The zero-order valence-corrected chi connectivity index (χ0v) is 20.2. The maximum absolute atomic E-state index is 12.5. The van der Waals surface area contributed by atoms with Gasteiger partial charge in [0.05, 0.1) is 15.0 Å². The Bertz CT molecular complexity index is 1490. The van der Waals surface area contributed by atoms with Crippen LogP contribution >= 0.6 is 34.5 Å². The van der Waals surface area contributed by atoms with Crippen molar-refractivity contribution in [3.05, 3.63) is 104 Å². The molecule has 33 heavy (non-hydrogen) atoms. The molecule has 0 amide bonds. The molecule has 0 unspecified atom stereocenters. The summed E-state index contributed by atoms with van der Waals surface area (Å²) in [4.78, 5) is 24.9. The molecule has 5 nitrogen and oxygen atoms in total. The van der Waals surface area contributed by atoms with Gasteiger partial charge in [-0.1, -0.05) is 59.6 Å². The van der Waals surface area contributed by atoms with Crippen molar-refractivity contribution in [1.82, 2.24) is 4.57 Å². The molecule has 4 rings (SSSR count). The first-order valence-electron chi connectivity index (χ1n) is 9.80. The number of carbonyl (C=O) groups excluding carboxylic acids is 1. The van der Waals surface area contributed by atoms with E-state index in [-0.39, 0.29) is 21.2 Å². The first-order valence-corrected chi connectivity index (χ1v) is 13.0. The van der Waals surface area contributed by atoms with Crippen LogP contribution in [0.4, 0.5) is 0 Å². The number of halogens is 2. The minimum absolute atomic E-state index is 0.0619. The van der Waals surface area contributed by atoms with Crippen molar-refractivity contribution < 1.29 is 13.2 Å². The number of ketones is 1. The number of aromatic nitrogens is 1. The lowest BCUT2D eigenvalue weighted by atomic mass is 10.1. The van der Waals surface area contributed by atoms with Gasteiger partial charge < -0.3 is 0 Å². The number of carbonyl (C=O) groups is 1. The van der Waals surface area contributed by atoms with Crippen molar-refractivity contribution in [3.8, 4) is 16.8 Å².